The normalized spacial score (nSPS) is 31.0. The van der Waals surface area contributed by atoms with E-state index in [4.69, 9.17) is 55.6 Å². The molecule has 6 aliphatic rings. The van der Waals surface area contributed by atoms with Gasteiger partial charge in [-0.2, -0.15) is 0 Å². The predicted molar refractivity (Wildman–Crippen MR) is 504 cm³/mol. The lowest BCUT2D eigenvalue weighted by Crippen LogP contribution is -2.81. The van der Waals surface area contributed by atoms with Crippen molar-refractivity contribution in [2.24, 2.45) is 57.2 Å². The van der Waals surface area contributed by atoms with Gasteiger partial charge in [-0.1, -0.05) is 189 Å². The number of ketones is 3. The molecule has 0 amide bonds. The number of fused-ring (bicyclic) bond motifs is 6. The molecule has 722 valence electrons. The summed E-state index contributed by atoms with van der Waals surface area (Å²) in [6.07, 6.45) is -10.4. The molecule has 28 heteroatoms. The lowest BCUT2D eigenvalue weighted by atomic mass is 9.46. The van der Waals surface area contributed by atoms with Gasteiger partial charge in [-0.3, -0.25) is 24.0 Å². The number of rotatable bonds is 38. The summed E-state index contributed by atoms with van der Waals surface area (Å²) >= 11 is 0. The maximum Gasteiger partial charge on any atom is 0.338 e. The van der Waals surface area contributed by atoms with Crippen molar-refractivity contribution in [1.29, 1.82) is 0 Å². The zero-order chi connectivity index (χ0) is 96.8. The predicted octanol–water partition coefficient (Wildman–Crippen LogP) is 18.9. The van der Waals surface area contributed by atoms with Gasteiger partial charge in [0.05, 0.1) is 59.2 Å². The summed E-state index contributed by atoms with van der Waals surface area (Å²) in [6.45, 7) is 59.5. The van der Waals surface area contributed by atoms with Crippen LogP contribution in [0.4, 0.5) is 0 Å². The summed E-state index contributed by atoms with van der Waals surface area (Å²) in [6, 6.07) is 26.2. The Hall–Kier alpha value is -5.74. The Labute approximate surface area is 769 Å². The number of aliphatic hydroxyl groups is 3. The molecule has 3 N–H and O–H groups in total. The monoisotopic (exact) mass is 1860 g/mol. The quantitative estimate of drug-likeness (QED) is 0.0140. The Bertz CT molecular complexity index is 4220. The SMILES string of the molecule is CC[Si](CC)(CC)OC(C(=O)O[C@@H](C)/C(C)=C1/C(=O)C(=O)[C@]2(C)[C@@H](O[Si](CC)(CC)CC)C[C@H]3OC[C@@]3(OC(C)=O)[C@H]2[C@H](OC(=O)c2ccccc2)[C@@](C)(O)C1(C)C)[C@@H](C)CC(C)C.CC[Si](CC)(CC)OC(C(=O)O[C@@H](C)/C(C)=C1/[C@@H](O)C(=O)[C@]2(C)[C@@H](O[Si](CC)(CC)CC)C[C@H]3OC[C@@]3(OC(C)=O)[C@H]2[C@H](OC(=O)c2ccccc2)[C@@](C)(O)C1(C)C)[C@@H](C)CC(C)C. The third-order valence-corrected chi connectivity index (χ3v) is 50.9. The minimum Gasteiger partial charge on any atom is -0.456 e. The molecule has 2 aromatic carbocycles. The lowest BCUT2D eigenvalue weighted by molar-refractivity contribution is -0.341. The van der Waals surface area contributed by atoms with Gasteiger partial charge in [-0.15, -0.1) is 0 Å². The van der Waals surface area contributed by atoms with Gasteiger partial charge in [0.2, 0.25) is 11.6 Å². The standard InChI is InChI=1S/C50H82O12Si2.C50H80O12Si2/c2*1-17-63(18-2,19-3)61-37-29-38-50(30-57-38,60-35(12)51)42-44(59-45(54)36-26-24-23-25-27-36)49(16,56)47(13,14)39(40(52)43(53)48(37,42)15)33(10)34(11)58-46(55)41(32(9)28-31(7)8)62-64(20-4,21-5)22-6/h23-27,31-32,34,37-38,40-42,44,52,56H,17-22,28-30H2,1-16H3;23-27,31-32,34,37-38,41-42,44,56H,17-22,28-30H2,1-16H3/b2*39-33-/t32-,34-,37-,38+,40+,41?,42-,44-,48+,49+,50-;32-,34-,37-,38+,41?,42-,44-,48+,49+,50-/m00/s1. The Kier molecular flexibility index (Phi) is 36.6. The molecule has 8 rings (SSSR count). The Morgan fingerprint density at radius 1 is 0.453 bits per heavy atom. The van der Waals surface area contributed by atoms with Crippen LogP contribution in [-0.2, 0) is 89.2 Å². The summed E-state index contributed by atoms with van der Waals surface area (Å²) in [5, 5.41) is 39.9. The van der Waals surface area contributed by atoms with Crippen LogP contribution in [0.5, 0.6) is 0 Å². The molecule has 0 spiro atoms. The van der Waals surface area contributed by atoms with Crippen LogP contribution >= 0.6 is 0 Å². The van der Waals surface area contributed by atoms with E-state index in [1.807, 2.05) is 13.8 Å². The van der Waals surface area contributed by atoms with E-state index < -0.39 is 209 Å². The van der Waals surface area contributed by atoms with Crippen LogP contribution in [0.2, 0.25) is 72.5 Å². The fourth-order valence-corrected chi connectivity index (χ4v) is 34.0. The number of aliphatic hydroxyl groups excluding tert-OH is 1. The number of carbonyl (C=O) groups is 9. The van der Waals surface area contributed by atoms with Crippen LogP contribution in [0.25, 0.3) is 0 Å². The van der Waals surface area contributed by atoms with Crippen molar-refractivity contribution in [3.05, 3.63) is 94.1 Å². The highest BCUT2D eigenvalue weighted by atomic mass is 28.4. The maximum atomic E-state index is 16.0. The minimum atomic E-state index is -2.57. The van der Waals surface area contributed by atoms with E-state index in [9.17, 15) is 44.1 Å². The van der Waals surface area contributed by atoms with Crippen LogP contribution in [0, 0.1) is 57.2 Å². The van der Waals surface area contributed by atoms with Crippen molar-refractivity contribution < 1.29 is 114 Å². The second-order valence-electron chi connectivity index (χ2n) is 40.8. The van der Waals surface area contributed by atoms with Gasteiger partial charge in [-0.05, 0) is 205 Å². The summed E-state index contributed by atoms with van der Waals surface area (Å²) in [7, 11) is -9.70. The molecular weight excluding hydrogens is 1700 g/mol. The van der Waals surface area contributed by atoms with E-state index in [1.165, 1.54) is 27.7 Å². The van der Waals surface area contributed by atoms with Gasteiger partial charge in [-0.25, -0.2) is 19.2 Å². The van der Waals surface area contributed by atoms with E-state index in [0.717, 1.165) is 85.4 Å². The third kappa shape index (κ3) is 20.9. The Morgan fingerprint density at radius 3 is 1.09 bits per heavy atom. The van der Waals surface area contributed by atoms with E-state index in [-0.39, 0.29) is 65.7 Å². The molecule has 0 aromatic heterocycles. The first-order valence-corrected chi connectivity index (χ1v) is 58.1. The van der Waals surface area contributed by atoms with Gasteiger partial charge in [0.25, 0.3) is 0 Å². The third-order valence-electron chi connectivity index (χ3n) is 32.4. The van der Waals surface area contributed by atoms with E-state index in [1.54, 1.807) is 130 Å². The Balaban J connectivity index is 0.000000351. The molecule has 128 heavy (non-hydrogen) atoms. The number of ether oxygens (including phenoxy) is 8. The average Bonchev–Trinajstić information content (AvgIpc) is 0.676. The topological polar surface area (TPSA) is 325 Å². The summed E-state index contributed by atoms with van der Waals surface area (Å²) in [4.78, 5) is 132. The lowest BCUT2D eigenvalue weighted by Gasteiger charge is -2.67. The highest BCUT2D eigenvalue weighted by Gasteiger charge is 2.80. The van der Waals surface area contributed by atoms with Gasteiger partial charge < -0.3 is 70.9 Å². The first-order chi connectivity index (χ1) is 59.6. The minimum absolute atomic E-state index is 0.0624. The zero-order valence-corrected chi connectivity index (χ0v) is 87.7. The van der Waals surface area contributed by atoms with E-state index in [2.05, 4.69) is 111 Å². The summed E-state index contributed by atoms with van der Waals surface area (Å²) in [5.74, 6) is -8.54. The van der Waals surface area contributed by atoms with Gasteiger partial charge in [0.1, 0.15) is 66.1 Å². The molecule has 6 fully saturated rings. The van der Waals surface area contributed by atoms with E-state index >= 15 is 14.4 Å². The second kappa shape index (κ2) is 42.9. The highest BCUT2D eigenvalue weighted by Crippen LogP contribution is 2.66. The molecule has 4 aliphatic carbocycles. The van der Waals surface area contributed by atoms with Crippen LogP contribution in [0.1, 0.15) is 268 Å². The average molecular weight is 1860 g/mol. The van der Waals surface area contributed by atoms with Crippen molar-refractivity contribution in [3.63, 3.8) is 0 Å². The first-order valence-electron chi connectivity index (χ1n) is 48.0. The molecule has 0 radical (unpaired) electrons. The van der Waals surface area contributed by atoms with Crippen molar-refractivity contribution >= 4 is 86.4 Å². The van der Waals surface area contributed by atoms with Crippen molar-refractivity contribution in [3.8, 4) is 0 Å². The summed E-state index contributed by atoms with van der Waals surface area (Å²) in [5.41, 5.74) is -13.1. The van der Waals surface area contributed by atoms with Gasteiger partial charge in [0.15, 0.2) is 50.3 Å². The fraction of sp³-hybridized carbons (Fsp3) is 0.750. The molecular formula is C100H162O24Si4. The molecule has 24 nitrogen and oxygen atoms in total. The molecule has 2 aliphatic heterocycles. The molecule has 2 saturated heterocycles. The van der Waals surface area contributed by atoms with Crippen molar-refractivity contribution in [2.75, 3.05) is 13.2 Å². The van der Waals surface area contributed by atoms with Gasteiger partial charge >= 0.3 is 35.8 Å². The number of carbonyl (C=O) groups excluding carboxylic acids is 9. The second-order valence-corrected chi connectivity index (χ2v) is 59.7. The fourth-order valence-electron chi connectivity index (χ4n) is 22.4. The molecule has 2 unspecified atom stereocenters. The number of Topliss-reactive ketones (excluding diaryl/α,β-unsaturated/α-hetero) is 3. The van der Waals surface area contributed by atoms with Crippen LogP contribution in [0.3, 0.4) is 0 Å². The largest absolute Gasteiger partial charge is 0.456 e. The van der Waals surface area contributed by atoms with E-state index in [0.29, 0.717) is 17.4 Å². The number of benzene rings is 2. The molecule has 2 heterocycles. The Morgan fingerprint density at radius 2 is 0.773 bits per heavy atom. The van der Waals surface area contributed by atoms with Gasteiger partial charge in [0, 0.05) is 43.1 Å². The van der Waals surface area contributed by atoms with Crippen LogP contribution < -0.4 is 0 Å². The van der Waals surface area contributed by atoms with Crippen molar-refractivity contribution in [1.82, 2.24) is 0 Å². The van der Waals surface area contributed by atoms with Crippen molar-refractivity contribution in [2.45, 2.75) is 409 Å². The summed E-state index contributed by atoms with van der Waals surface area (Å²) < 4.78 is 79.0. The smallest absolute Gasteiger partial charge is 0.338 e. The first kappa shape index (κ1) is 109. The maximum absolute atomic E-state index is 16.0. The number of hydrogen-bond donors (Lipinski definition) is 3. The van der Waals surface area contributed by atoms with Crippen LogP contribution in [0.15, 0.2) is 83.0 Å². The number of hydrogen-bond acceptors (Lipinski definition) is 24. The molecule has 4 saturated carbocycles. The molecule has 2 aromatic rings. The van der Waals surface area contributed by atoms with Crippen LogP contribution in [-0.4, -0.2) is 205 Å². The number of esters is 6. The molecule has 21 atom stereocenters. The zero-order valence-electron chi connectivity index (χ0n) is 83.7. The molecule has 0 bridgehead atoms. The highest BCUT2D eigenvalue weighted by molar-refractivity contribution is 6.75.